The smallest absolute Gasteiger partial charge is 0.260 e. The maximum Gasteiger partial charge on any atom is 0.260 e. The highest BCUT2D eigenvalue weighted by Gasteiger charge is 2.22. The summed E-state index contributed by atoms with van der Waals surface area (Å²) in [4.78, 5) is 21.4. The minimum Gasteiger partial charge on any atom is -0.482 e. The zero-order chi connectivity index (χ0) is 20.8. The second-order valence-electron chi connectivity index (χ2n) is 7.06. The van der Waals surface area contributed by atoms with Crippen molar-refractivity contribution in [2.75, 3.05) is 32.8 Å². The van der Waals surface area contributed by atoms with E-state index in [9.17, 15) is 4.79 Å². The van der Waals surface area contributed by atoms with Crippen molar-refractivity contribution in [3.63, 3.8) is 0 Å². The van der Waals surface area contributed by atoms with Gasteiger partial charge < -0.3 is 9.64 Å². The molecule has 4 rings (SSSR count). The number of aromatic nitrogens is 1. The lowest BCUT2D eigenvalue weighted by Crippen LogP contribution is -2.49. The van der Waals surface area contributed by atoms with Gasteiger partial charge in [-0.05, 0) is 12.1 Å². The molecule has 3 aromatic rings. The van der Waals surface area contributed by atoms with Crippen molar-refractivity contribution in [1.82, 2.24) is 14.8 Å². The number of thiazole rings is 1. The SMILES string of the molecule is N#Cc1ccccc1OCC(=O)N1CCN(Cc2csc(-c3ccccc3)n2)CC1. The van der Waals surface area contributed by atoms with E-state index in [0.717, 1.165) is 35.9 Å². The van der Waals surface area contributed by atoms with Crippen LogP contribution in [0.4, 0.5) is 0 Å². The Hall–Kier alpha value is -3.21. The average molecular weight is 419 g/mol. The van der Waals surface area contributed by atoms with E-state index in [-0.39, 0.29) is 12.5 Å². The lowest BCUT2D eigenvalue weighted by molar-refractivity contribution is -0.135. The normalized spacial score (nSPS) is 14.3. The number of nitrogens with zero attached hydrogens (tertiary/aromatic N) is 4. The number of rotatable bonds is 6. The molecule has 2 heterocycles. The largest absolute Gasteiger partial charge is 0.482 e. The van der Waals surface area contributed by atoms with Gasteiger partial charge in [-0.2, -0.15) is 5.26 Å². The maximum absolute atomic E-state index is 12.5. The lowest BCUT2D eigenvalue weighted by atomic mass is 10.2. The first-order valence-corrected chi connectivity index (χ1v) is 10.7. The molecule has 0 unspecified atom stereocenters. The fourth-order valence-corrected chi connectivity index (χ4v) is 4.21. The molecule has 0 spiro atoms. The quantitative estimate of drug-likeness (QED) is 0.614. The molecule has 1 aliphatic heterocycles. The average Bonchev–Trinajstić information content (AvgIpc) is 3.27. The predicted molar refractivity (Wildman–Crippen MR) is 116 cm³/mol. The van der Waals surface area contributed by atoms with Gasteiger partial charge in [0.05, 0.1) is 11.3 Å². The maximum atomic E-state index is 12.5. The van der Waals surface area contributed by atoms with Gasteiger partial charge in [-0.1, -0.05) is 42.5 Å². The number of hydrogen-bond acceptors (Lipinski definition) is 6. The van der Waals surface area contributed by atoms with Crippen LogP contribution in [-0.4, -0.2) is 53.5 Å². The molecule has 7 heteroatoms. The van der Waals surface area contributed by atoms with E-state index in [2.05, 4.69) is 28.5 Å². The Balaban J connectivity index is 1.25. The summed E-state index contributed by atoms with van der Waals surface area (Å²) >= 11 is 1.66. The molecule has 2 aromatic carbocycles. The van der Waals surface area contributed by atoms with Crippen molar-refractivity contribution < 1.29 is 9.53 Å². The Morgan fingerprint density at radius 2 is 1.80 bits per heavy atom. The zero-order valence-electron chi connectivity index (χ0n) is 16.5. The Bertz CT molecular complexity index is 1040. The summed E-state index contributed by atoms with van der Waals surface area (Å²) in [6.45, 7) is 3.68. The third-order valence-corrected chi connectivity index (χ3v) is 5.98. The number of para-hydroxylation sites is 1. The summed E-state index contributed by atoms with van der Waals surface area (Å²) in [6, 6.07) is 19.2. The van der Waals surface area contributed by atoms with Crippen molar-refractivity contribution in [3.05, 3.63) is 71.2 Å². The van der Waals surface area contributed by atoms with Gasteiger partial charge >= 0.3 is 0 Å². The highest BCUT2D eigenvalue weighted by molar-refractivity contribution is 7.13. The Morgan fingerprint density at radius 1 is 1.07 bits per heavy atom. The molecule has 1 saturated heterocycles. The molecule has 1 aliphatic rings. The summed E-state index contributed by atoms with van der Waals surface area (Å²) in [5, 5.41) is 12.3. The molecule has 152 valence electrons. The summed E-state index contributed by atoms with van der Waals surface area (Å²) in [6.07, 6.45) is 0. The van der Waals surface area contributed by atoms with Crippen LogP contribution in [0.1, 0.15) is 11.3 Å². The zero-order valence-corrected chi connectivity index (χ0v) is 17.3. The first kappa shape index (κ1) is 20.1. The van der Waals surface area contributed by atoms with Crippen molar-refractivity contribution >= 4 is 17.2 Å². The molecule has 1 aromatic heterocycles. The molecule has 0 saturated carbocycles. The summed E-state index contributed by atoms with van der Waals surface area (Å²) in [5.74, 6) is 0.396. The second-order valence-corrected chi connectivity index (χ2v) is 7.92. The minimum absolute atomic E-state index is 0.0504. The molecule has 0 N–H and O–H groups in total. The molecular weight excluding hydrogens is 396 g/mol. The Kier molecular flexibility index (Phi) is 6.38. The molecule has 0 bridgehead atoms. The van der Waals surface area contributed by atoms with Crippen molar-refractivity contribution in [2.45, 2.75) is 6.54 Å². The summed E-state index contributed by atoms with van der Waals surface area (Å²) < 4.78 is 5.57. The number of hydrogen-bond donors (Lipinski definition) is 0. The number of ether oxygens (including phenoxy) is 1. The number of amides is 1. The van der Waals surface area contributed by atoms with E-state index >= 15 is 0 Å². The topological polar surface area (TPSA) is 69.5 Å². The second kappa shape index (κ2) is 9.53. The van der Waals surface area contributed by atoms with Gasteiger partial charge in [-0.15, -0.1) is 11.3 Å². The van der Waals surface area contributed by atoms with Crippen molar-refractivity contribution in [3.8, 4) is 22.4 Å². The van der Waals surface area contributed by atoms with Gasteiger partial charge in [-0.3, -0.25) is 9.69 Å². The van der Waals surface area contributed by atoms with Gasteiger partial charge in [-0.25, -0.2) is 4.98 Å². The highest BCUT2D eigenvalue weighted by Crippen LogP contribution is 2.24. The van der Waals surface area contributed by atoms with E-state index in [1.54, 1.807) is 35.6 Å². The molecule has 0 atom stereocenters. The van der Waals surface area contributed by atoms with Crippen LogP contribution in [0.2, 0.25) is 0 Å². The standard InChI is InChI=1S/C23H22N4O2S/c24-14-19-8-4-5-9-21(19)29-16-22(28)27-12-10-26(11-13-27)15-20-17-30-23(25-20)18-6-2-1-3-7-18/h1-9,17H,10-13,15-16H2. The van der Waals surface area contributed by atoms with Crippen LogP contribution in [0.3, 0.4) is 0 Å². The first-order chi connectivity index (χ1) is 14.7. The first-order valence-electron chi connectivity index (χ1n) is 9.85. The molecule has 1 amide bonds. The van der Waals surface area contributed by atoms with Crippen LogP contribution in [0.25, 0.3) is 10.6 Å². The minimum atomic E-state index is -0.0533. The monoisotopic (exact) mass is 418 g/mol. The highest BCUT2D eigenvalue weighted by atomic mass is 32.1. The van der Waals surface area contributed by atoms with Gasteiger partial charge in [0.1, 0.15) is 16.8 Å². The van der Waals surface area contributed by atoms with Crippen LogP contribution < -0.4 is 4.74 Å². The van der Waals surface area contributed by atoms with E-state index in [4.69, 9.17) is 15.0 Å². The van der Waals surface area contributed by atoms with Crippen LogP contribution >= 0.6 is 11.3 Å². The van der Waals surface area contributed by atoms with Crippen LogP contribution in [-0.2, 0) is 11.3 Å². The Morgan fingerprint density at radius 3 is 2.57 bits per heavy atom. The van der Waals surface area contributed by atoms with E-state index in [1.165, 1.54) is 0 Å². The fourth-order valence-electron chi connectivity index (χ4n) is 3.39. The Labute approximate surface area is 180 Å². The van der Waals surface area contributed by atoms with Crippen LogP contribution in [0.5, 0.6) is 5.75 Å². The third-order valence-electron chi connectivity index (χ3n) is 5.04. The van der Waals surface area contributed by atoms with Crippen molar-refractivity contribution in [1.29, 1.82) is 5.26 Å². The number of piperazine rings is 1. The van der Waals surface area contributed by atoms with Gasteiger partial charge in [0.2, 0.25) is 0 Å². The van der Waals surface area contributed by atoms with Crippen LogP contribution in [0, 0.1) is 11.3 Å². The summed E-state index contributed by atoms with van der Waals surface area (Å²) in [5.41, 5.74) is 2.64. The van der Waals surface area contributed by atoms with Gasteiger partial charge in [0.25, 0.3) is 5.91 Å². The van der Waals surface area contributed by atoms with Gasteiger partial charge in [0, 0.05) is 43.7 Å². The number of carbonyl (C=O) groups is 1. The van der Waals surface area contributed by atoms with Crippen LogP contribution in [0.15, 0.2) is 60.0 Å². The molecule has 6 nitrogen and oxygen atoms in total. The lowest BCUT2D eigenvalue weighted by Gasteiger charge is -2.34. The number of benzene rings is 2. The molecule has 0 radical (unpaired) electrons. The molecular formula is C23H22N4O2S. The molecule has 1 fully saturated rings. The van der Waals surface area contributed by atoms with Crippen molar-refractivity contribution in [2.24, 2.45) is 0 Å². The van der Waals surface area contributed by atoms with E-state index < -0.39 is 0 Å². The molecule has 30 heavy (non-hydrogen) atoms. The molecule has 0 aliphatic carbocycles. The van der Waals surface area contributed by atoms with Gasteiger partial charge in [0.15, 0.2) is 6.61 Å². The fraction of sp³-hybridized carbons (Fsp3) is 0.261. The number of carbonyl (C=O) groups excluding carboxylic acids is 1. The third kappa shape index (κ3) is 4.85. The summed E-state index contributed by atoms with van der Waals surface area (Å²) in [7, 11) is 0. The number of nitriles is 1. The van der Waals surface area contributed by atoms with E-state index in [1.807, 2.05) is 23.1 Å². The predicted octanol–water partition coefficient (Wildman–Crippen LogP) is 3.40. The van der Waals surface area contributed by atoms with E-state index in [0.29, 0.717) is 24.4 Å².